The highest BCUT2D eigenvalue weighted by atomic mass is 16.5. The zero-order valence-electron chi connectivity index (χ0n) is 14.4. The third kappa shape index (κ3) is 4.55. The summed E-state index contributed by atoms with van der Waals surface area (Å²) in [4.78, 5) is 26.3. The van der Waals surface area contributed by atoms with E-state index in [-0.39, 0.29) is 11.5 Å². The number of aryl methyl sites for hydroxylation is 1. The van der Waals surface area contributed by atoms with Crippen LogP contribution in [0.25, 0.3) is 0 Å². The van der Waals surface area contributed by atoms with Crippen molar-refractivity contribution >= 4 is 5.91 Å². The molecule has 1 fully saturated rings. The predicted molar refractivity (Wildman–Crippen MR) is 95.4 cm³/mol. The summed E-state index contributed by atoms with van der Waals surface area (Å²) in [6.07, 6.45) is 1.60. The van der Waals surface area contributed by atoms with Crippen LogP contribution in [0.4, 0.5) is 0 Å². The highest BCUT2D eigenvalue weighted by molar-refractivity contribution is 5.93. The van der Waals surface area contributed by atoms with Gasteiger partial charge in [0.1, 0.15) is 0 Å². The zero-order valence-corrected chi connectivity index (χ0v) is 14.4. The number of nitrogens with one attached hydrogen (secondary N) is 1. The first-order valence-electron chi connectivity index (χ1n) is 8.45. The van der Waals surface area contributed by atoms with Crippen molar-refractivity contribution in [3.63, 3.8) is 0 Å². The van der Waals surface area contributed by atoms with Crippen LogP contribution in [0, 0.1) is 0 Å². The van der Waals surface area contributed by atoms with E-state index < -0.39 is 0 Å². The molecule has 2 heterocycles. The number of hydrogen-bond donors (Lipinski definition) is 1. The summed E-state index contributed by atoms with van der Waals surface area (Å²) in [6.45, 7) is 4.67. The maximum Gasteiger partial charge on any atom is 0.251 e. The van der Waals surface area contributed by atoms with E-state index in [9.17, 15) is 9.59 Å². The van der Waals surface area contributed by atoms with Gasteiger partial charge in [0.25, 0.3) is 11.5 Å². The number of benzene rings is 1. The largest absolute Gasteiger partial charge is 0.379 e. The maximum atomic E-state index is 12.3. The average Bonchev–Trinajstić information content (AvgIpc) is 2.64. The lowest BCUT2D eigenvalue weighted by Gasteiger charge is -2.27. The minimum absolute atomic E-state index is 0.194. The number of rotatable bonds is 5. The number of hydrogen-bond acceptors (Lipinski definition) is 4. The smallest absolute Gasteiger partial charge is 0.251 e. The van der Waals surface area contributed by atoms with Gasteiger partial charge >= 0.3 is 0 Å². The SMILES string of the molecule is Cn1ccc(C(=O)NCc2ccccc2CN2CCOCC2)cc1=O. The zero-order chi connectivity index (χ0) is 17.6. The molecule has 1 saturated heterocycles. The van der Waals surface area contributed by atoms with Gasteiger partial charge < -0.3 is 14.6 Å². The summed E-state index contributed by atoms with van der Waals surface area (Å²) in [5.41, 5.74) is 2.48. The molecule has 0 saturated carbocycles. The van der Waals surface area contributed by atoms with Crippen LogP contribution in [-0.2, 0) is 24.9 Å². The van der Waals surface area contributed by atoms with Crippen LogP contribution in [-0.4, -0.2) is 41.7 Å². The third-order valence-corrected chi connectivity index (χ3v) is 4.42. The second kappa shape index (κ2) is 8.09. The van der Waals surface area contributed by atoms with Gasteiger partial charge in [0.15, 0.2) is 0 Å². The molecule has 132 valence electrons. The van der Waals surface area contributed by atoms with E-state index in [2.05, 4.69) is 16.3 Å². The minimum atomic E-state index is -0.237. The van der Waals surface area contributed by atoms with Crippen molar-refractivity contribution in [2.24, 2.45) is 7.05 Å². The molecule has 0 atom stereocenters. The van der Waals surface area contributed by atoms with E-state index >= 15 is 0 Å². The maximum absolute atomic E-state index is 12.3. The van der Waals surface area contributed by atoms with Crippen molar-refractivity contribution in [3.8, 4) is 0 Å². The molecule has 3 rings (SSSR count). The van der Waals surface area contributed by atoms with E-state index in [1.807, 2.05) is 18.2 Å². The molecule has 0 spiro atoms. The normalized spacial score (nSPS) is 15.1. The van der Waals surface area contributed by atoms with Gasteiger partial charge in [-0.25, -0.2) is 0 Å². The average molecular weight is 341 g/mol. The Morgan fingerprint density at radius 1 is 1.16 bits per heavy atom. The Morgan fingerprint density at radius 2 is 1.88 bits per heavy atom. The van der Waals surface area contributed by atoms with Crippen LogP contribution >= 0.6 is 0 Å². The van der Waals surface area contributed by atoms with Gasteiger partial charge in [-0.2, -0.15) is 0 Å². The van der Waals surface area contributed by atoms with Crippen molar-refractivity contribution < 1.29 is 9.53 Å². The topological polar surface area (TPSA) is 63.6 Å². The molecule has 1 aliphatic rings. The molecule has 1 N–H and O–H groups in total. The number of carbonyl (C=O) groups excluding carboxylic acids is 1. The first-order chi connectivity index (χ1) is 12.1. The Balaban J connectivity index is 1.65. The Hall–Kier alpha value is -2.44. The van der Waals surface area contributed by atoms with Crippen LogP contribution in [0.5, 0.6) is 0 Å². The molecule has 0 aliphatic carbocycles. The Bertz CT molecular complexity index is 794. The number of ether oxygens (including phenoxy) is 1. The number of amides is 1. The number of pyridine rings is 1. The van der Waals surface area contributed by atoms with Crippen molar-refractivity contribution in [1.29, 1.82) is 0 Å². The lowest BCUT2D eigenvalue weighted by atomic mass is 10.1. The minimum Gasteiger partial charge on any atom is -0.379 e. The molecule has 0 bridgehead atoms. The number of carbonyl (C=O) groups is 1. The van der Waals surface area contributed by atoms with E-state index in [1.165, 1.54) is 16.2 Å². The van der Waals surface area contributed by atoms with E-state index in [0.717, 1.165) is 38.4 Å². The Morgan fingerprint density at radius 3 is 2.60 bits per heavy atom. The number of morpholine rings is 1. The second-order valence-corrected chi connectivity index (χ2v) is 6.20. The summed E-state index contributed by atoms with van der Waals surface area (Å²) in [6, 6.07) is 11.1. The fraction of sp³-hybridized carbons (Fsp3) is 0.368. The van der Waals surface area contributed by atoms with Gasteiger partial charge in [-0.05, 0) is 17.2 Å². The number of aromatic nitrogens is 1. The first kappa shape index (κ1) is 17.4. The van der Waals surface area contributed by atoms with Crippen molar-refractivity contribution in [1.82, 2.24) is 14.8 Å². The summed E-state index contributed by atoms with van der Waals surface area (Å²) < 4.78 is 6.83. The molecular weight excluding hydrogens is 318 g/mol. The van der Waals surface area contributed by atoms with Crippen molar-refractivity contribution in [2.45, 2.75) is 13.1 Å². The second-order valence-electron chi connectivity index (χ2n) is 6.20. The predicted octanol–water partition coefficient (Wildman–Crippen LogP) is 1.15. The molecule has 1 aromatic heterocycles. The van der Waals surface area contributed by atoms with E-state index in [0.29, 0.717) is 12.1 Å². The third-order valence-electron chi connectivity index (χ3n) is 4.42. The fourth-order valence-electron chi connectivity index (χ4n) is 2.85. The van der Waals surface area contributed by atoms with Crippen LogP contribution in [0.15, 0.2) is 47.4 Å². The molecular formula is C19H23N3O3. The monoisotopic (exact) mass is 341 g/mol. The summed E-state index contributed by atoms with van der Waals surface area (Å²) >= 11 is 0. The van der Waals surface area contributed by atoms with Crippen molar-refractivity contribution in [2.75, 3.05) is 26.3 Å². The molecule has 6 heteroatoms. The highest BCUT2D eigenvalue weighted by Gasteiger charge is 2.13. The first-order valence-corrected chi connectivity index (χ1v) is 8.45. The summed E-state index contributed by atoms with van der Waals surface area (Å²) in [7, 11) is 1.66. The molecule has 2 aromatic rings. The molecule has 0 radical (unpaired) electrons. The van der Waals surface area contributed by atoms with Gasteiger partial charge in [0.05, 0.1) is 13.2 Å². The highest BCUT2D eigenvalue weighted by Crippen LogP contribution is 2.13. The number of nitrogens with zero attached hydrogens (tertiary/aromatic N) is 2. The van der Waals surface area contributed by atoms with Crippen molar-refractivity contribution in [3.05, 3.63) is 69.6 Å². The van der Waals surface area contributed by atoms with E-state index in [4.69, 9.17) is 4.74 Å². The summed E-state index contributed by atoms with van der Waals surface area (Å²) in [5.74, 6) is -0.237. The molecule has 1 amide bonds. The van der Waals surface area contributed by atoms with Crippen LogP contribution in [0.3, 0.4) is 0 Å². The molecule has 1 aliphatic heterocycles. The molecule has 0 unspecified atom stereocenters. The quantitative estimate of drug-likeness (QED) is 0.886. The molecule has 25 heavy (non-hydrogen) atoms. The van der Waals surface area contributed by atoms with Gasteiger partial charge in [-0.15, -0.1) is 0 Å². The van der Waals surface area contributed by atoms with E-state index in [1.54, 1.807) is 19.3 Å². The lowest BCUT2D eigenvalue weighted by molar-refractivity contribution is 0.0340. The lowest BCUT2D eigenvalue weighted by Crippen LogP contribution is -2.36. The Labute approximate surface area is 147 Å². The standard InChI is InChI=1S/C19H23N3O3/c1-21-7-6-15(12-18(21)23)19(24)20-13-16-4-2-3-5-17(16)14-22-8-10-25-11-9-22/h2-7,12H,8-11,13-14H2,1H3,(H,20,24). The van der Waals surface area contributed by atoms with Gasteiger partial charge in [-0.1, -0.05) is 24.3 Å². The van der Waals surface area contributed by atoms with Gasteiger partial charge in [0.2, 0.25) is 0 Å². The summed E-state index contributed by atoms with van der Waals surface area (Å²) in [5, 5.41) is 2.91. The molecule has 6 nitrogen and oxygen atoms in total. The van der Waals surface area contributed by atoms with Gasteiger partial charge in [0, 0.05) is 51.1 Å². The molecule has 1 aromatic carbocycles. The van der Waals surface area contributed by atoms with Crippen LogP contribution in [0.2, 0.25) is 0 Å². The van der Waals surface area contributed by atoms with Crippen LogP contribution < -0.4 is 10.9 Å². The van der Waals surface area contributed by atoms with Gasteiger partial charge in [-0.3, -0.25) is 14.5 Å². The fourth-order valence-corrected chi connectivity index (χ4v) is 2.85. The Kier molecular flexibility index (Phi) is 5.63. The van der Waals surface area contributed by atoms with Crippen LogP contribution in [0.1, 0.15) is 21.5 Å².